The summed E-state index contributed by atoms with van der Waals surface area (Å²) in [6.45, 7) is 4.37. The summed E-state index contributed by atoms with van der Waals surface area (Å²) in [6, 6.07) is 1.97. The van der Waals surface area contributed by atoms with Crippen molar-refractivity contribution in [1.82, 2.24) is 0 Å². The Hall–Kier alpha value is -0.930. The Morgan fingerprint density at radius 3 is 2.71 bits per heavy atom. The highest BCUT2D eigenvalue weighted by Crippen LogP contribution is 2.56. The number of fused-ring (bicyclic) bond motifs is 1. The van der Waals surface area contributed by atoms with Gasteiger partial charge >= 0.3 is 0 Å². The van der Waals surface area contributed by atoms with E-state index in [0.29, 0.717) is 0 Å². The lowest BCUT2D eigenvalue weighted by Crippen LogP contribution is -2.32. The number of hydrogen-bond donors (Lipinski definition) is 1. The molecule has 0 bridgehead atoms. The van der Waals surface area contributed by atoms with Gasteiger partial charge in [-0.2, -0.15) is 0 Å². The van der Waals surface area contributed by atoms with E-state index in [9.17, 15) is 0 Å². The van der Waals surface area contributed by atoms with Crippen LogP contribution < -0.4 is 15.2 Å². The summed E-state index contributed by atoms with van der Waals surface area (Å²) < 4.78 is 10.9. The largest absolute Gasteiger partial charge is 0.454 e. The molecule has 1 aliphatic heterocycles. The van der Waals surface area contributed by atoms with Crippen LogP contribution in [0.4, 0.5) is 0 Å². The number of ether oxygens (including phenoxy) is 2. The van der Waals surface area contributed by atoms with E-state index >= 15 is 0 Å². The summed E-state index contributed by atoms with van der Waals surface area (Å²) in [5.74, 6) is 1.58. The van der Waals surface area contributed by atoms with Crippen LogP contribution in [0.25, 0.3) is 0 Å². The van der Waals surface area contributed by atoms with Crippen LogP contribution in [0.5, 0.6) is 11.5 Å². The van der Waals surface area contributed by atoms with Crippen LogP contribution in [0.2, 0.25) is 5.02 Å². The van der Waals surface area contributed by atoms with Gasteiger partial charge < -0.3 is 15.2 Å². The molecule has 1 heterocycles. The molecule has 1 aliphatic carbocycles. The maximum absolute atomic E-state index is 6.39. The van der Waals surface area contributed by atoms with Crippen LogP contribution in [0.1, 0.15) is 30.9 Å². The summed E-state index contributed by atoms with van der Waals surface area (Å²) in [6.07, 6.45) is 2.20. The fraction of sp³-hybridized carbons (Fsp3) is 0.538. The Morgan fingerprint density at radius 1 is 1.41 bits per heavy atom. The van der Waals surface area contributed by atoms with Crippen LogP contribution in [-0.2, 0) is 5.41 Å². The third kappa shape index (κ3) is 1.45. The average molecular weight is 254 g/mol. The van der Waals surface area contributed by atoms with Gasteiger partial charge in [0.15, 0.2) is 11.5 Å². The molecule has 0 amide bonds. The molecule has 1 unspecified atom stereocenters. The molecule has 0 spiro atoms. The van der Waals surface area contributed by atoms with Gasteiger partial charge in [-0.05, 0) is 32.3 Å². The number of nitrogens with two attached hydrogens (primary N) is 1. The summed E-state index contributed by atoms with van der Waals surface area (Å²) in [5.41, 5.74) is 8.40. The third-order valence-electron chi connectivity index (χ3n) is 4.01. The molecule has 2 N–H and O–H groups in total. The molecule has 2 aliphatic rings. The Labute approximate surface area is 106 Å². The zero-order valence-electron chi connectivity index (χ0n) is 10.0. The van der Waals surface area contributed by atoms with Crippen LogP contribution in [0.15, 0.2) is 6.07 Å². The summed E-state index contributed by atoms with van der Waals surface area (Å²) in [5, 5.41) is 0.751. The van der Waals surface area contributed by atoms with E-state index in [1.165, 1.54) is 0 Å². The first-order valence-corrected chi connectivity index (χ1v) is 6.29. The molecule has 1 aromatic carbocycles. The highest BCUT2D eigenvalue weighted by molar-refractivity contribution is 6.32. The number of hydrogen-bond acceptors (Lipinski definition) is 3. The van der Waals surface area contributed by atoms with Crippen LogP contribution >= 0.6 is 11.6 Å². The SMILES string of the molecule is Cc1c2c(cc(Cl)c1C1(C(C)N)CC1)OCO2. The van der Waals surface area contributed by atoms with Gasteiger partial charge in [0, 0.05) is 28.1 Å². The van der Waals surface area contributed by atoms with Crippen molar-refractivity contribution < 1.29 is 9.47 Å². The van der Waals surface area contributed by atoms with Gasteiger partial charge in [0.25, 0.3) is 0 Å². The smallest absolute Gasteiger partial charge is 0.231 e. The predicted octanol–water partition coefficient (Wildman–Crippen LogP) is 2.76. The van der Waals surface area contributed by atoms with E-state index in [1.807, 2.05) is 19.9 Å². The van der Waals surface area contributed by atoms with Crippen molar-refractivity contribution in [3.8, 4) is 11.5 Å². The van der Waals surface area contributed by atoms with E-state index in [2.05, 4.69) is 0 Å². The lowest BCUT2D eigenvalue weighted by molar-refractivity contribution is 0.173. The zero-order valence-corrected chi connectivity index (χ0v) is 10.8. The van der Waals surface area contributed by atoms with Crippen molar-refractivity contribution in [3.63, 3.8) is 0 Å². The van der Waals surface area contributed by atoms with E-state index in [4.69, 9.17) is 26.8 Å². The fourth-order valence-corrected chi connectivity index (χ4v) is 3.28. The molecule has 1 fully saturated rings. The van der Waals surface area contributed by atoms with Crippen LogP contribution in [-0.4, -0.2) is 12.8 Å². The molecule has 1 saturated carbocycles. The first-order chi connectivity index (χ1) is 8.06. The van der Waals surface area contributed by atoms with E-state index in [1.54, 1.807) is 0 Å². The fourth-order valence-electron chi connectivity index (χ4n) is 2.85. The number of benzene rings is 1. The molecule has 17 heavy (non-hydrogen) atoms. The van der Waals surface area contributed by atoms with E-state index in [-0.39, 0.29) is 18.2 Å². The molecular formula is C13H16ClNO2. The van der Waals surface area contributed by atoms with Crippen molar-refractivity contribution in [2.24, 2.45) is 5.73 Å². The molecule has 0 radical (unpaired) electrons. The van der Waals surface area contributed by atoms with Crippen molar-refractivity contribution in [2.45, 2.75) is 38.1 Å². The third-order valence-corrected chi connectivity index (χ3v) is 4.31. The van der Waals surface area contributed by atoms with E-state index < -0.39 is 0 Å². The van der Waals surface area contributed by atoms with Crippen LogP contribution in [0.3, 0.4) is 0 Å². The predicted molar refractivity (Wildman–Crippen MR) is 66.9 cm³/mol. The quantitative estimate of drug-likeness (QED) is 0.882. The molecule has 3 rings (SSSR count). The minimum absolute atomic E-state index is 0.0438. The second-order valence-corrected chi connectivity index (χ2v) is 5.44. The standard InChI is InChI=1S/C13H16ClNO2/c1-7-11(13(3-4-13)8(2)15)9(14)5-10-12(7)17-6-16-10/h5,8H,3-4,6,15H2,1-2H3. The van der Waals surface area contributed by atoms with Gasteiger partial charge in [-0.3, -0.25) is 0 Å². The maximum Gasteiger partial charge on any atom is 0.231 e. The highest BCUT2D eigenvalue weighted by atomic mass is 35.5. The lowest BCUT2D eigenvalue weighted by atomic mass is 9.86. The normalized spacial score (nSPS) is 21.4. The molecule has 1 aromatic rings. The summed E-state index contributed by atoms with van der Waals surface area (Å²) >= 11 is 6.39. The second-order valence-electron chi connectivity index (χ2n) is 5.04. The molecule has 4 heteroatoms. The Bertz CT molecular complexity index is 481. The van der Waals surface area contributed by atoms with Crippen LogP contribution in [0, 0.1) is 6.92 Å². The van der Waals surface area contributed by atoms with Crippen molar-refractivity contribution in [3.05, 3.63) is 22.2 Å². The van der Waals surface area contributed by atoms with Crippen molar-refractivity contribution in [2.75, 3.05) is 6.79 Å². The monoisotopic (exact) mass is 253 g/mol. The number of halogens is 1. The van der Waals surface area contributed by atoms with Gasteiger partial charge in [-0.15, -0.1) is 0 Å². The van der Waals surface area contributed by atoms with Gasteiger partial charge in [0.05, 0.1) is 0 Å². The molecule has 0 saturated heterocycles. The van der Waals surface area contributed by atoms with Crippen molar-refractivity contribution in [1.29, 1.82) is 0 Å². The molecule has 0 aromatic heterocycles. The molecule has 1 atom stereocenters. The topological polar surface area (TPSA) is 44.5 Å². The number of rotatable bonds is 2. The van der Waals surface area contributed by atoms with Gasteiger partial charge in [0.2, 0.25) is 6.79 Å². The van der Waals surface area contributed by atoms with E-state index in [0.717, 1.165) is 40.5 Å². The Morgan fingerprint density at radius 2 is 2.12 bits per heavy atom. The summed E-state index contributed by atoms with van der Waals surface area (Å²) in [7, 11) is 0. The Balaban J connectivity index is 2.18. The molecule has 92 valence electrons. The maximum atomic E-state index is 6.39. The Kier molecular flexibility index (Phi) is 2.32. The van der Waals surface area contributed by atoms with Gasteiger partial charge in [-0.1, -0.05) is 11.6 Å². The first kappa shape index (κ1) is 11.2. The first-order valence-electron chi connectivity index (χ1n) is 5.91. The highest BCUT2D eigenvalue weighted by Gasteiger charge is 2.50. The average Bonchev–Trinajstić information content (AvgIpc) is 2.91. The minimum Gasteiger partial charge on any atom is -0.454 e. The molecule has 3 nitrogen and oxygen atoms in total. The van der Waals surface area contributed by atoms with Gasteiger partial charge in [-0.25, -0.2) is 0 Å². The second kappa shape index (κ2) is 3.53. The minimum atomic E-state index is 0.0438. The summed E-state index contributed by atoms with van der Waals surface area (Å²) in [4.78, 5) is 0. The molecular weight excluding hydrogens is 238 g/mol. The van der Waals surface area contributed by atoms with Crippen molar-refractivity contribution >= 4 is 11.6 Å². The van der Waals surface area contributed by atoms with Gasteiger partial charge in [0.1, 0.15) is 0 Å². The zero-order chi connectivity index (χ0) is 12.2. The lowest BCUT2D eigenvalue weighted by Gasteiger charge is -2.24.